The molecule has 8 heteroatoms. The molecule has 0 spiro atoms. The molecule has 1 aliphatic rings. The summed E-state index contributed by atoms with van der Waals surface area (Å²) in [6, 6.07) is 11.6. The quantitative estimate of drug-likeness (QED) is 0.650. The topological polar surface area (TPSA) is 130 Å². The van der Waals surface area contributed by atoms with E-state index in [1.54, 1.807) is 24.3 Å². The lowest BCUT2D eigenvalue weighted by Crippen LogP contribution is -2.43. The van der Waals surface area contributed by atoms with E-state index in [1.165, 1.54) is 24.3 Å². The van der Waals surface area contributed by atoms with E-state index in [4.69, 9.17) is 5.73 Å². The minimum Gasteiger partial charge on any atom is -0.366 e. The van der Waals surface area contributed by atoms with Crippen molar-refractivity contribution in [2.24, 2.45) is 5.73 Å². The number of hydrogen-bond acceptors (Lipinski definition) is 4. The lowest BCUT2D eigenvalue weighted by molar-refractivity contribution is -0.122. The van der Waals surface area contributed by atoms with E-state index in [9.17, 15) is 19.2 Å². The van der Waals surface area contributed by atoms with E-state index < -0.39 is 29.7 Å². The third kappa shape index (κ3) is 3.69. The van der Waals surface area contributed by atoms with Gasteiger partial charge in [-0.2, -0.15) is 0 Å². The number of para-hydroxylation sites is 1. The van der Waals surface area contributed by atoms with Crippen LogP contribution >= 0.6 is 0 Å². The Balaban J connectivity index is 1.66. The van der Waals surface area contributed by atoms with E-state index in [0.717, 1.165) is 0 Å². The molecule has 0 unspecified atom stereocenters. The Bertz CT molecular complexity index is 892. The highest BCUT2D eigenvalue weighted by molar-refractivity contribution is 6.11. The van der Waals surface area contributed by atoms with Gasteiger partial charge in [0.2, 0.25) is 17.7 Å². The van der Waals surface area contributed by atoms with Gasteiger partial charge < -0.3 is 21.7 Å². The first-order chi connectivity index (χ1) is 12.4. The Morgan fingerprint density at radius 1 is 1.04 bits per heavy atom. The number of carbonyl (C=O) groups excluding carboxylic acids is 4. The smallest absolute Gasteiger partial charge is 0.254 e. The number of amides is 4. The first-order valence-electron chi connectivity index (χ1n) is 7.84. The first-order valence-corrected chi connectivity index (χ1v) is 7.84. The Morgan fingerprint density at radius 3 is 2.42 bits per heavy atom. The fraction of sp³-hybridized carbons (Fsp3) is 0.111. The number of anilines is 2. The van der Waals surface area contributed by atoms with E-state index in [0.29, 0.717) is 22.5 Å². The molecule has 1 heterocycles. The Kier molecular flexibility index (Phi) is 4.66. The molecule has 26 heavy (non-hydrogen) atoms. The van der Waals surface area contributed by atoms with E-state index >= 15 is 0 Å². The zero-order chi connectivity index (χ0) is 18.7. The number of hydrogen-bond donors (Lipinski definition) is 4. The number of nitrogens with two attached hydrogens (primary N) is 1. The van der Waals surface area contributed by atoms with Gasteiger partial charge >= 0.3 is 0 Å². The standard InChI is InChI=1S/C18H16N4O4/c19-16(24)10-5-7-11(8-6-10)20-15(23)9-14-18(26)21-13-4-2-1-3-12(13)17(25)22-14/h1-8,14H,9H2,(H2,19,24)(H,20,23)(H,21,26)(H,22,25)/t14-/m0/s1. The van der Waals surface area contributed by atoms with Crippen molar-refractivity contribution < 1.29 is 19.2 Å². The van der Waals surface area contributed by atoms with Crippen LogP contribution < -0.4 is 21.7 Å². The largest absolute Gasteiger partial charge is 0.366 e. The molecule has 8 nitrogen and oxygen atoms in total. The molecule has 0 aromatic heterocycles. The number of nitrogens with one attached hydrogen (secondary N) is 3. The molecule has 1 aliphatic heterocycles. The van der Waals surface area contributed by atoms with Crippen LogP contribution in [0.4, 0.5) is 11.4 Å². The normalized spacial score (nSPS) is 15.9. The molecule has 5 N–H and O–H groups in total. The molecule has 0 saturated heterocycles. The summed E-state index contributed by atoms with van der Waals surface area (Å²) in [4.78, 5) is 47.7. The average Bonchev–Trinajstić information content (AvgIpc) is 2.72. The van der Waals surface area contributed by atoms with Crippen molar-refractivity contribution in [1.82, 2.24) is 5.32 Å². The molecule has 4 amide bonds. The van der Waals surface area contributed by atoms with Crippen molar-refractivity contribution in [2.75, 3.05) is 10.6 Å². The number of benzene rings is 2. The third-order valence-electron chi connectivity index (χ3n) is 3.89. The molecule has 0 saturated carbocycles. The second-order valence-electron chi connectivity index (χ2n) is 5.75. The Morgan fingerprint density at radius 2 is 1.73 bits per heavy atom. The number of primary amides is 1. The lowest BCUT2D eigenvalue weighted by atomic mass is 10.1. The van der Waals surface area contributed by atoms with Crippen LogP contribution in [-0.2, 0) is 9.59 Å². The van der Waals surface area contributed by atoms with Crippen LogP contribution in [0.5, 0.6) is 0 Å². The fourth-order valence-electron chi connectivity index (χ4n) is 2.57. The predicted octanol–water partition coefficient (Wildman–Crippen LogP) is 0.865. The van der Waals surface area contributed by atoms with Crippen LogP contribution in [-0.4, -0.2) is 29.7 Å². The molecule has 3 rings (SSSR count). The summed E-state index contributed by atoms with van der Waals surface area (Å²) >= 11 is 0. The second kappa shape index (κ2) is 7.06. The summed E-state index contributed by atoms with van der Waals surface area (Å²) in [6.07, 6.45) is -0.233. The van der Waals surface area contributed by atoms with Gasteiger partial charge in [0.15, 0.2) is 0 Å². The van der Waals surface area contributed by atoms with E-state index in [-0.39, 0.29) is 6.42 Å². The van der Waals surface area contributed by atoms with Gasteiger partial charge in [-0.1, -0.05) is 12.1 Å². The molecule has 2 aromatic rings. The number of fused-ring (bicyclic) bond motifs is 1. The summed E-state index contributed by atoms with van der Waals surface area (Å²) < 4.78 is 0. The minimum atomic E-state index is -1.00. The molecule has 2 aromatic carbocycles. The Labute approximate surface area is 148 Å². The van der Waals surface area contributed by atoms with Gasteiger partial charge in [0.25, 0.3) is 5.91 Å². The highest BCUT2D eigenvalue weighted by atomic mass is 16.2. The SMILES string of the molecule is NC(=O)c1ccc(NC(=O)C[C@@H]2NC(=O)c3ccccc3NC2=O)cc1. The minimum absolute atomic E-state index is 0.233. The van der Waals surface area contributed by atoms with Gasteiger partial charge in [0.05, 0.1) is 17.7 Å². The maximum atomic E-state index is 12.3. The first kappa shape index (κ1) is 17.2. The van der Waals surface area contributed by atoms with E-state index in [2.05, 4.69) is 16.0 Å². The van der Waals surface area contributed by atoms with Gasteiger partial charge in [0.1, 0.15) is 6.04 Å². The van der Waals surface area contributed by atoms with Gasteiger partial charge in [-0.3, -0.25) is 19.2 Å². The lowest BCUT2D eigenvalue weighted by Gasteiger charge is -2.14. The molecule has 0 radical (unpaired) electrons. The van der Waals surface area contributed by atoms with Crippen molar-refractivity contribution in [2.45, 2.75) is 12.5 Å². The summed E-state index contributed by atoms with van der Waals surface area (Å²) in [5.74, 6) is -1.92. The van der Waals surface area contributed by atoms with Crippen LogP contribution in [0.15, 0.2) is 48.5 Å². The molecular weight excluding hydrogens is 336 g/mol. The van der Waals surface area contributed by atoms with Crippen LogP contribution in [0.1, 0.15) is 27.1 Å². The van der Waals surface area contributed by atoms with Gasteiger partial charge in [-0.25, -0.2) is 0 Å². The van der Waals surface area contributed by atoms with Gasteiger partial charge in [-0.15, -0.1) is 0 Å². The van der Waals surface area contributed by atoms with Crippen molar-refractivity contribution in [3.8, 4) is 0 Å². The second-order valence-corrected chi connectivity index (χ2v) is 5.75. The third-order valence-corrected chi connectivity index (χ3v) is 3.89. The van der Waals surface area contributed by atoms with Crippen molar-refractivity contribution in [3.05, 3.63) is 59.7 Å². The molecule has 132 valence electrons. The predicted molar refractivity (Wildman–Crippen MR) is 94.5 cm³/mol. The summed E-state index contributed by atoms with van der Waals surface area (Å²) in [7, 11) is 0. The van der Waals surface area contributed by atoms with Gasteiger partial charge in [-0.05, 0) is 36.4 Å². The van der Waals surface area contributed by atoms with Crippen molar-refractivity contribution >= 4 is 35.0 Å². The highest BCUT2D eigenvalue weighted by Gasteiger charge is 2.29. The van der Waals surface area contributed by atoms with Crippen LogP contribution in [0.2, 0.25) is 0 Å². The number of rotatable bonds is 4. The molecule has 0 fully saturated rings. The van der Waals surface area contributed by atoms with Crippen molar-refractivity contribution in [3.63, 3.8) is 0 Å². The maximum Gasteiger partial charge on any atom is 0.254 e. The van der Waals surface area contributed by atoms with Crippen LogP contribution in [0.3, 0.4) is 0 Å². The molecular formula is C18H16N4O4. The maximum absolute atomic E-state index is 12.3. The average molecular weight is 352 g/mol. The highest BCUT2D eigenvalue weighted by Crippen LogP contribution is 2.19. The van der Waals surface area contributed by atoms with Crippen LogP contribution in [0, 0.1) is 0 Å². The summed E-state index contributed by atoms with van der Waals surface area (Å²) in [6.45, 7) is 0. The summed E-state index contributed by atoms with van der Waals surface area (Å²) in [5.41, 5.74) is 6.66. The zero-order valence-electron chi connectivity index (χ0n) is 13.6. The molecule has 0 aliphatic carbocycles. The number of carbonyl (C=O) groups is 4. The van der Waals surface area contributed by atoms with E-state index in [1.807, 2.05) is 0 Å². The fourth-order valence-corrected chi connectivity index (χ4v) is 2.57. The summed E-state index contributed by atoms with van der Waals surface area (Å²) in [5, 5.41) is 7.80. The van der Waals surface area contributed by atoms with Gasteiger partial charge in [0, 0.05) is 11.3 Å². The Hall–Kier alpha value is -3.68. The molecule has 1 atom stereocenters. The molecule has 0 bridgehead atoms. The van der Waals surface area contributed by atoms with Crippen molar-refractivity contribution in [1.29, 1.82) is 0 Å². The monoisotopic (exact) mass is 352 g/mol. The van der Waals surface area contributed by atoms with Crippen LogP contribution in [0.25, 0.3) is 0 Å². The zero-order valence-corrected chi connectivity index (χ0v) is 13.6.